The standard InChI is InChI=1S/C14H17NO3/c1-9-5-6-12-11(7-9)14(17,8-10(2)18-4)13(16)15(12)3/h5-7,17H,2,8H2,1,3-4H3/t14-/m1/s1. The molecule has 1 N–H and O–H groups in total. The van der Waals surface area contributed by atoms with Crippen LogP contribution >= 0.6 is 0 Å². The van der Waals surface area contributed by atoms with E-state index in [9.17, 15) is 9.90 Å². The second kappa shape index (κ2) is 4.14. The number of hydrogen-bond acceptors (Lipinski definition) is 3. The van der Waals surface area contributed by atoms with Crippen molar-refractivity contribution in [1.29, 1.82) is 0 Å². The van der Waals surface area contributed by atoms with Crippen molar-refractivity contribution in [1.82, 2.24) is 0 Å². The van der Waals surface area contributed by atoms with Gasteiger partial charge in [0.15, 0.2) is 5.60 Å². The number of fused-ring (bicyclic) bond motifs is 1. The Morgan fingerprint density at radius 2 is 2.22 bits per heavy atom. The number of methoxy groups -OCH3 is 1. The summed E-state index contributed by atoms with van der Waals surface area (Å²) < 4.78 is 4.98. The molecule has 0 unspecified atom stereocenters. The molecular weight excluding hydrogens is 230 g/mol. The lowest BCUT2D eigenvalue weighted by atomic mass is 9.90. The third-order valence-corrected chi connectivity index (χ3v) is 3.36. The van der Waals surface area contributed by atoms with Crippen molar-refractivity contribution >= 4 is 11.6 Å². The summed E-state index contributed by atoms with van der Waals surface area (Å²) in [6.07, 6.45) is 0.0725. The van der Waals surface area contributed by atoms with E-state index in [1.54, 1.807) is 7.05 Å². The molecule has 1 amide bonds. The molecule has 1 heterocycles. The Balaban J connectivity index is 2.53. The van der Waals surface area contributed by atoms with Crippen LogP contribution < -0.4 is 4.90 Å². The summed E-state index contributed by atoms with van der Waals surface area (Å²) in [4.78, 5) is 13.7. The fourth-order valence-electron chi connectivity index (χ4n) is 2.30. The highest BCUT2D eigenvalue weighted by Crippen LogP contribution is 2.43. The van der Waals surface area contributed by atoms with E-state index in [-0.39, 0.29) is 12.3 Å². The number of nitrogens with zero attached hydrogens (tertiary/aromatic N) is 1. The van der Waals surface area contributed by atoms with Crippen LogP contribution in [-0.2, 0) is 15.1 Å². The van der Waals surface area contributed by atoms with E-state index in [1.807, 2.05) is 25.1 Å². The summed E-state index contributed by atoms with van der Waals surface area (Å²) in [6, 6.07) is 5.59. The SMILES string of the molecule is C=C(C[C@]1(O)C(=O)N(C)c2ccc(C)cc21)OC. The highest BCUT2D eigenvalue weighted by atomic mass is 16.5. The minimum atomic E-state index is -1.57. The van der Waals surface area contributed by atoms with E-state index >= 15 is 0 Å². The molecule has 0 aromatic heterocycles. The molecule has 1 aliphatic rings. The largest absolute Gasteiger partial charge is 0.502 e. The van der Waals surface area contributed by atoms with Crippen LogP contribution in [0.5, 0.6) is 0 Å². The van der Waals surface area contributed by atoms with Gasteiger partial charge in [-0.05, 0) is 13.0 Å². The van der Waals surface area contributed by atoms with Crippen LogP contribution in [0.1, 0.15) is 17.5 Å². The second-order valence-corrected chi connectivity index (χ2v) is 4.66. The Hall–Kier alpha value is -1.81. The average Bonchev–Trinajstić information content (AvgIpc) is 2.52. The van der Waals surface area contributed by atoms with E-state index in [0.29, 0.717) is 11.3 Å². The van der Waals surface area contributed by atoms with Crippen LogP contribution in [0.15, 0.2) is 30.5 Å². The Labute approximate surface area is 106 Å². The van der Waals surface area contributed by atoms with Gasteiger partial charge in [0, 0.05) is 19.0 Å². The summed E-state index contributed by atoms with van der Waals surface area (Å²) in [5.41, 5.74) is 0.784. The molecule has 0 saturated heterocycles. The second-order valence-electron chi connectivity index (χ2n) is 4.66. The lowest BCUT2D eigenvalue weighted by Gasteiger charge is -2.22. The van der Waals surface area contributed by atoms with Gasteiger partial charge in [-0.15, -0.1) is 0 Å². The molecular formula is C14H17NO3. The number of carbonyl (C=O) groups is 1. The maximum absolute atomic E-state index is 12.2. The highest BCUT2D eigenvalue weighted by Gasteiger charge is 2.48. The quantitative estimate of drug-likeness (QED) is 0.827. The highest BCUT2D eigenvalue weighted by molar-refractivity contribution is 6.06. The molecule has 0 spiro atoms. The molecule has 0 fully saturated rings. The number of aliphatic hydroxyl groups is 1. The molecule has 1 atom stereocenters. The molecule has 1 aromatic rings. The molecule has 1 aromatic carbocycles. The zero-order valence-corrected chi connectivity index (χ0v) is 10.9. The van der Waals surface area contributed by atoms with Crippen molar-refractivity contribution in [3.8, 4) is 0 Å². The van der Waals surface area contributed by atoms with Crippen LogP contribution in [0.25, 0.3) is 0 Å². The van der Waals surface area contributed by atoms with Crippen LogP contribution in [0.2, 0.25) is 0 Å². The normalized spacial score (nSPS) is 22.0. The minimum absolute atomic E-state index is 0.0725. The number of benzene rings is 1. The fourth-order valence-corrected chi connectivity index (χ4v) is 2.30. The molecule has 0 bridgehead atoms. The molecule has 4 heteroatoms. The third-order valence-electron chi connectivity index (χ3n) is 3.36. The number of likely N-dealkylation sites (N-methyl/N-ethyl adjacent to an activating group) is 1. The molecule has 1 aliphatic heterocycles. The molecule has 0 aliphatic carbocycles. The predicted molar refractivity (Wildman–Crippen MR) is 69.3 cm³/mol. The van der Waals surface area contributed by atoms with E-state index in [2.05, 4.69) is 6.58 Å². The van der Waals surface area contributed by atoms with Gasteiger partial charge >= 0.3 is 0 Å². The first-order chi connectivity index (χ1) is 8.40. The zero-order chi connectivity index (χ0) is 13.5. The molecule has 4 nitrogen and oxygen atoms in total. The maximum atomic E-state index is 12.2. The molecule has 0 radical (unpaired) electrons. The Kier molecular flexibility index (Phi) is 2.91. The summed E-state index contributed by atoms with van der Waals surface area (Å²) >= 11 is 0. The maximum Gasteiger partial charge on any atom is 0.263 e. The zero-order valence-electron chi connectivity index (χ0n) is 10.9. The summed E-state index contributed by atoms with van der Waals surface area (Å²) in [7, 11) is 3.13. The number of amides is 1. The van der Waals surface area contributed by atoms with E-state index in [1.165, 1.54) is 12.0 Å². The number of anilines is 1. The van der Waals surface area contributed by atoms with Crippen molar-refractivity contribution in [3.05, 3.63) is 41.7 Å². The number of rotatable bonds is 3. The van der Waals surface area contributed by atoms with Crippen LogP contribution in [0.3, 0.4) is 0 Å². The van der Waals surface area contributed by atoms with Gasteiger partial charge in [0.2, 0.25) is 0 Å². The minimum Gasteiger partial charge on any atom is -0.502 e. The van der Waals surface area contributed by atoms with Crippen molar-refractivity contribution in [2.45, 2.75) is 18.9 Å². The Morgan fingerprint density at radius 3 is 2.83 bits per heavy atom. The van der Waals surface area contributed by atoms with Crippen molar-refractivity contribution in [2.75, 3.05) is 19.1 Å². The Morgan fingerprint density at radius 1 is 1.56 bits per heavy atom. The summed E-state index contributed by atoms with van der Waals surface area (Å²) in [5.74, 6) is 0.0370. The average molecular weight is 247 g/mol. The van der Waals surface area contributed by atoms with Gasteiger partial charge in [-0.3, -0.25) is 4.79 Å². The van der Waals surface area contributed by atoms with E-state index < -0.39 is 5.60 Å². The number of ether oxygens (including phenoxy) is 1. The fraction of sp³-hybridized carbons (Fsp3) is 0.357. The number of carbonyl (C=O) groups excluding carboxylic acids is 1. The first-order valence-corrected chi connectivity index (χ1v) is 5.73. The molecule has 0 saturated carbocycles. The van der Waals surface area contributed by atoms with Crippen LogP contribution in [0, 0.1) is 6.92 Å². The lowest BCUT2D eigenvalue weighted by Crippen LogP contribution is -2.38. The topological polar surface area (TPSA) is 49.8 Å². The lowest BCUT2D eigenvalue weighted by molar-refractivity contribution is -0.136. The van der Waals surface area contributed by atoms with Gasteiger partial charge in [0.1, 0.15) is 0 Å². The predicted octanol–water partition coefficient (Wildman–Crippen LogP) is 1.71. The van der Waals surface area contributed by atoms with Gasteiger partial charge < -0.3 is 14.7 Å². The van der Waals surface area contributed by atoms with Crippen LogP contribution in [0.4, 0.5) is 5.69 Å². The summed E-state index contributed by atoms with van der Waals surface area (Å²) in [6.45, 7) is 5.61. The van der Waals surface area contributed by atoms with Gasteiger partial charge in [0.05, 0.1) is 18.6 Å². The molecule has 96 valence electrons. The Bertz CT molecular complexity index is 524. The first-order valence-electron chi connectivity index (χ1n) is 5.73. The monoisotopic (exact) mass is 247 g/mol. The molecule has 18 heavy (non-hydrogen) atoms. The number of hydrogen-bond donors (Lipinski definition) is 1. The third kappa shape index (κ3) is 1.69. The number of aryl methyl sites for hydroxylation is 1. The van der Waals surface area contributed by atoms with Crippen molar-refractivity contribution in [2.24, 2.45) is 0 Å². The van der Waals surface area contributed by atoms with Gasteiger partial charge in [0.25, 0.3) is 5.91 Å². The van der Waals surface area contributed by atoms with Crippen molar-refractivity contribution < 1.29 is 14.6 Å². The molecule has 2 rings (SSSR count). The first kappa shape index (κ1) is 12.6. The van der Waals surface area contributed by atoms with Gasteiger partial charge in [-0.2, -0.15) is 0 Å². The van der Waals surface area contributed by atoms with E-state index in [4.69, 9.17) is 4.74 Å². The van der Waals surface area contributed by atoms with Gasteiger partial charge in [-0.1, -0.05) is 24.3 Å². The van der Waals surface area contributed by atoms with Gasteiger partial charge in [-0.25, -0.2) is 0 Å². The van der Waals surface area contributed by atoms with E-state index in [0.717, 1.165) is 11.3 Å². The van der Waals surface area contributed by atoms with Crippen LogP contribution in [-0.4, -0.2) is 25.2 Å². The summed E-state index contributed by atoms with van der Waals surface area (Å²) in [5, 5.41) is 10.7. The van der Waals surface area contributed by atoms with Crippen molar-refractivity contribution in [3.63, 3.8) is 0 Å². The smallest absolute Gasteiger partial charge is 0.263 e.